The van der Waals surface area contributed by atoms with E-state index >= 15 is 0 Å². The van der Waals surface area contributed by atoms with Crippen molar-refractivity contribution >= 4 is 23.4 Å². The lowest BCUT2D eigenvalue weighted by Gasteiger charge is -2.11. The van der Waals surface area contributed by atoms with Crippen LogP contribution in [0.2, 0.25) is 0 Å². The van der Waals surface area contributed by atoms with Crippen molar-refractivity contribution in [1.29, 1.82) is 5.26 Å². The lowest BCUT2D eigenvalue weighted by Crippen LogP contribution is -2.13. The molecule has 3 rings (SSSR count). The standard InChI is InChI=1S/C24H19N3O5/c1-31-23-14-18(13-19(15-25)24(28)26-20-5-3-2-4-6-20)9-12-22(23)32-16-17-7-10-21(11-8-17)27(29)30/h2-14H,16H2,1H3,(H,26,28)/b19-13-. The first-order valence-corrected chi connectivity index (χ1v) is 9.52. The predicted molar refractivity (Wildman–Crippen MR) is 119 cm³/mol. The Hall–Kier alpha value is -4.64. The summed E-state index contributed by atoms with van der Waals surface area (Å²) in [5.74, 6) is 0.354. The zero-order valence-electron chi connectivity index (χ0n) is 17.1. The maximum atomic E-state index is 12.4. The summed E-state index contributed by atoms with van der Waals surface area (Å²) in [5, 5.41) is 22.8. The smallest absolute Gasteiger partial charge is 0.269 e. The van der Waals surface area contributed by atoms with Crippen LogP contribution in [0, 0.1) is 21.4 Å². The molecule has 0 bridgehead atoms. The molecule has 8 nitrogen and oxygen atoms in total. The van der Waals surface area contributed by atoms with Gasteiger partial charge in [0.1, 0.15) is 18.2 Å². The van der Waals surface area contributed by atoms with E-state index in [1.165, 1.54) is 25.3 Å². The van der Waals surface area contributed by atoms with Crippen LogP contribution < -0.4 is 14.8 Å². The molecular weight excluding hydrogens is 410 g/mol. The number of benzene rings is 3. The molecule has 0 spiro atoms. The van der Waals surface area contributed by atoms with Gasteiger partial charge in [0.25, 0.3) is 11.6 Å². The number of para-hydroxylation sites is 1. The highest BCUT2D eigenvalue weighted by molar-refractivity contribution is 6.09. The minimum Gasteiger partial charge on any atom is -0.493 e. The first-order chi connectivity index (χ1) is 15.5. The monoisotopic (exact) mass is 429 g/mol. The average Bonchev–Trinajstić information content (AvgIpc) is 2.82. The molecule has 0 saturated carbocycles. The number of hydrogen-bond acceptors (Lipinski definition) is 6. The van der Waals surface area contributed by atoms with Gasteiger partial charge in [-0.1, -0.05) is 24.3 Å². The molecule has 1 amide bonds. The van der Waals surface area contributed by atoms with E-state index in [1.807, 2.05) is 12.1 Å². The fraction of sp³-hybridized carbons (Fsp3) is 0.0833. The lowest BCUT2D eigenvalue weighted by atomic mass is 10.1. The van der Waals surface area contributed by atoms with Gasteiger partial charge in [-0.05, 0) is 53.6 Å². The molecule has 160 valence electrons. The van der Waals surface area contributed by atoms with Crippen molar-refractivity contribution in [3.8, 4) is 17.6 Å². The highest BCUT2D eigenvalue weighted by atomic mass is 16.6. The summed E-state index contributed by atoms with van der Waals surface area (Å²) >= 11 is 0. The number of non-ortho nitro benzene ring substituents is 1. The number of ether oxygens (including phenoxy) is 2. The van der Waals surface area contributed by atoms with Crippen molar-refractivity contribution in [2.75, 3.05) is 12.4 Å². The number of rotatable bonds is 8. The van der Waals surface area contributed by atoms with Crippen molar-refractivity contribution in [2.24, 2.45) is 0 Å². The highest BCUT2D eigenvalue weighted by Crippen LogP contribution is 2.30. The number of carbonyl (C=O) groups is 1. The third kappa shape index (κ3) is 5.70. The number of nitrogens with zero attached hydrogens (tertiary/aromatic N) is 2. The van der Waals surface area contributed by atoms with Gasteiger partial charge >= 0.3 is 0 Å². The quantitative estimate of drug-likeness (QED) is 0.240. The van der Waals surface area contributed by atoms with Crippen LogP contribution in [-0.2, 0) is 11.4 Å². The molecule has 8 heteroatoms. The number of hydrogen-bond donors (Lipinski definition) is 1. The fourth-order valence-corrected chi connectivity index (χ4v) is 2.80. The van der Waals surface area contributed by atoms with E-state index in [0.29, 0.717) is 22.7 Å². The number of nitro groups is 1. The first kappa shape index (κ1) is 22.1. The normalized spacial score (nSPS) is 10.7. The highest BCUT2D eigenvalue weighted by Gasteiger charge is 2.12. The van der Waals surface area contributed by atoms with E-state index in [1.54, 1.807) is 54.6 Å². The lowest BCUT2D eigenvalue weighted by molar-refractivity contribution is -0.384. The van der Waals surface area contributed by atoms with Crippen molar-refractivity contribution in [3.63, 3.8) is 0 Å². The van der Waals surface area contributed by atoms with E-state index in [2.05, 4.69) is 5.32 Å². The predicted octanol–water partition coefficient (Wildman–Crippen LogP) is 4.73. The maximum Gasteiger partial charge on any atom is 0.269 e. The Bertz CT molecular complexity index is 1180. The van der Waals surface area contributed by atoms with Crippen molar-refractivity contribution in [3.05, 3.63) is 99.6 Å². The van der Waals surface area contributed by atoms with E-state index in [-0.39, 0.29) is 17.9 Å². The number of nitro benzene ring substituents is 1. The molecule has 0 unspecified atom stereocenters. The molecule has 32 heavy (non-hydrogen) atoms. The van der Waals surface area contributed by atoms with Crippen LogP contribution in [0.25, 0.3) is 6.08 Å². The van der Waals surface area contributed by atoms with Gasteiger partial charge in [0, 0.05) is 17.8 Å². The van der Waals surface area contributed by atoms with Gasteiger partial charge in [-0.2, -0.15) is 5.26 Å². The minimum absolute atomic E-state index is 0.00655. The van der Waals surface area contributed by atoms with Crippen LogP contribution in [0.15, 0.2) is 78.4 Å². The number of amides is 1. The molecule has 1 N–H and O–H groups in total. The molecule has 0 aliphatic heterocycles. The van der Waals surface area contributed by atoms with Crippen molar-refractivity contribution < 1.29 is 19.2 Å². The van der Waals surface area contributed by atoms with Gasteiger partial charge in [0.05, 0.1) is 12.0 Å². The van der Waals surface area contributed by atoms with Crippen molar-refractivity contribution in [1.82, 2.24) is 0 Å². The second-order valence-corrected chi connectivity index (χ2v) is 6.61. The van der Waals surface area contributed by atoms with Crippen LogP contribution in [-0.4, -0.2) is 17.9 Å². The molecule has 3 aromatic rings. The molecular formula is C24H19N3O5. The van der Waals surface area contributed by atoms with E-state index in [9.17, 15) is 20.2 Å². The third-order valence-electron chi connectivity index (χ3n) is 4.44. The number of methoxy groups -OCH3 is 1. The number of nitrogens with one attached hydrogen (secondary N) is 1. The molecule has 0 aliphatic carbocycles. The molecule has 0 aliphatic rings. The van der Waals surface area contributed by atoms with Gasteiger partial charge in [-0.25, -0.2) is 0 Å². The Morgan fingerprint density at radius 2 is 1.81 bits per heavy atom. The van der Waals surface area contributed by atoms with Gasteiger partial charge < -0.3 is 14.8 Å². The molecule has 0 heterocycles. The summed E-state index contributed by atoms with van der Waals surface area (Å²) < 4.78 is 11.1. The average molecular weight is 429 g/mol. The molecule has 0 aromatic heterocycles. The Labute approximate surface area is 184 Å². The molecule has 3 aromatic carbocycles. The SMILES string of the molecule is COc1cc(/C=C(/C#N)C(=O)Nc2ccccc2)ccc1OCc1ccc([N+](=O)[O-])cc1. The number of anilines is 1. The largest absolute Gasteiger partial charge is 0.493 e. The Morgan fingerprint density at radius 3 is 2.44 bits per heavy atom. The van der Waals surface area contributed by atoms with Crippen molar-refractivity contribution in [2.45, 2.75) is 6.61 Å². The van der Waals surface area contributed by atoms with Crippen LogP contribution >= 0.6 is 0 Å². The van der Waals surface area contributed by atoms with Crippen LogP contribution in [0.4, 0.5) is 11.4 Å². The van der Waals surface area contributed by atoms with Crippen LogP contribution in [0.5, 0.6) is 11.5 Å². The topological polar surface area (TPSA) is 114 Å². The Morgan fingerprint density at radius 1 is 1.09 bits per heavy atom. The fourth-order valence-electron chi connectivity index (χ4n) is 2.80. The van der Waals surface area contributed by atoms with Gasteiger partial charge in [0.15, 0.2) is 11.5 Å². The molecule has 0 saturated heterocycles. The summed E-state index contributed by atoms with van der Waals surface area (Å²) in [6.45, 7) is 0.187. The van der Waals surface area contributed by atoms with Crippen LogP contribution in [0.1, 0.15) is 11.1 Å². The van der Waals surface area contributed by atoms with E-state index in [4.69, 9.17) is 9.47 Å². The second kappa shape index (κ2) is 10.4. The summed E-state index contributed by atoms with van der Waals surface area (Å²) in [6.07, 6.45) is 1.46. The van der Waals surface area contributed by atoms with E-state index < -0.39 is 10.8 Å². The summed E-state index contributed by atoms with van der Waals surface area (Å²) in [6, 6.07) is 21.8. The summed E-state index contributed by atoms with van der Waals surface area (Å²) in [5.41, 5.74) is 1.88. The summed E-state index contributed by atoms with van der Waals surface area (Å²) in [7, 11) is 1.48. The zero-order valence-corrected chi connectivity index (χ0v) is 17.1. The van der Waals surface area contributed by atoms with E-state index in [0.717, 1.165) is 5.56 Å². The van der Waals surface area contributed by atoms with Gasteiger partial charge in [-0.3, -0.25) is 14.9 Å². The van der Waals surface area contributed by atoms with Gasteiger partial charge in [-0.15, -0.1) is 0 Å². The van der Waals surface area contributed by atoms with Gasteiger partial charge in [0.2, 0.25) is 0 Å². The minimum atomic E-state index is -0.517. The molecule has 0 radical (unpaired) electrons. The zero-order chi connectivity index (χ0) is 22.9. The maximum absolute atomic E-state index is 12.4. The Kier molecular flexibility index (Phi) is 7.17. The van der Waals surface area contributed by atoms with Crippen LogP contribution in [0.3, 0.4) is 0 Å². The molecule has 0 fully saturated rings. The Balaban J connectivity index is 1.72. The second-order valence-electron chi connectivity index (χ2n) is 6.61. The molecule has 0 atom stereocenters. The number of nitriles is 1. The first-order valence-electron chi connectivity index (χ1n) is 9.52. The third-order valence-corrected chi connectivity index (χ3v) is 4.44. The summed E-state index contributed by atoms with van der Waals surface area (Å²) in [4.78, 5) is 22.7. The number of carbonyl (C=O) groups excluding carboxylic acids is 1.